The lowest BCUT2D eigenvalue weighted by molar-refractivity contribution is 0.248. The van der Waals surface area contributed by atoms with Crippen molar-refractivity contribution < 1.29 is 4.39 Å². The van der Waals surface area contributed by atoms with E-state index in [0.717, 1.165) is 43.3 Å². The van der Waals surface area contributed by atoms with E-state index in [2.05, 4.69) is 22.0 Å². The van der Waals surface area contributed by atoms with E-state index in [4.69, 9.17) is 0 Å². The zero-order valence-corrected chi connectivity index (χ0v) is 13.3. The molecule has 2 aliphatic rings. The minimum absolute atomic E-state index is 0.104. The van der Waals surface area contributed by atoms with E-state index in [0.29, 0.717) is 0 Å². The van der Waals surface area contributed by atoms with Crippen LogP contribution in [0.15, 0.2) is 12.1 Å². The zero-order chi connectivity index (χ0) is 15.0. The fraction of sp³-hybridized carbons (Fsp3) is 0.647. The van der Waals surface area contributed by atoms with Gasteiger partial charge in [-0.25, -0.2) is 4.39 Å². The highest BCUT2D eigenvalue weighted by Gasteiger charge is 2.31. The molecule has 1 heterocycles. The van der Waals surface area contributed by atoms with Gasteiger partial charge in [0.1, 0.15) is 5.82 Å². The smallest absolute Gasteiger partial charge is 0.126 e. The van der Waals surface area contributed by atoms with Crippen molar-refractivity contribution in [3.05, 3.63) is 29.1 Å². The largest absolute Gasteiger partial charge is 0.369 e. The summed E-state index contributed by atoms with van der Waals surface area (Å²) in [6.45, 7) is 8.31. The first-order valence-corrected chi connectivity index (χ1v) is 8.06. The van der Waals surface area contributed by atoms with Crippen LogP contribution in [0.5, 0.6) is 0 Å². The molecule has 1 atom stereocenters. The summed E-state index contributed by atoms with van der Waals surface area (Å²) < 4.78 is 13.9. The van der Waals surface area contributed by atoms with Gasteiger partial charge in [0.25, 0.3) is 0 Å². The van der Waals surface area contributed by atoms with E-state index in [1.165, 1.54) is 18.5 Å². The third-order valence-electron chi connectivity index (χ3n) is 4.93. The van der Waals surface area contributed by atoms with Gasteiger partial charge in [0, 0.05) is 44.0 Å². The normalized spacial score (nSPS) is 21.6. The van der Waals surface area contributed by atoms with Crippen LogP contribution in [-0.4, -0.2) is 44.2 Å². The second kappa shape index (κ2) is 5.93. The predicted molar refractivity (Wildman–Crippen MR) is 85.4 cm³/mol. The van der Waals surface area contributed by atoms with Crippen LogP contribution in [0.1, 0.15) is 36.9 Å². The monoisotopic (exact) mass is 291 g/mol. The van der Waals surface area contributed by atoms with E-state index < -0.39 is 0 Å². The van der Waals surface area contributed by atoms with Crippen LogP contribution in [-0.2, 0) is 0 Å². The van der Waals surface area contributed by atoms with Crippen molar-refractivity contribution in [2.75, 3.05) is 38.1 Å². The van der Waals surface area contributed by atoms with Crippen LogP contribution in [0.4, 0.5) is 10.1 Å². The Labute approximate surface area is 127 Å². The molecule has 21 heavy (non-hydrogen) atoms. The summed E-state index contributed by atoms with van der Waals surface area (Å²) in [5.41, 5.74) is 3.01. The molecule has 3 rings (SSSR count). The molecule has 1 aliphatic carbocycles. The number of anilines is 1. The first-order chi connectivity index (χ1) is 10.1. The predicted octanol–water partition coefficient (Wildman–Crippen LogP) is 2.70. The average Bonchev–Trinajstić information content (AvgIpc) is 3.34. The maximum absolute atomic E-state index is 13.9. The zero-order valence-electron chi connectivity index (χ0n) is 13.3. The molecule has 1 aromatic carbocycles. The molecular weight excluding hydrogens is 265 g/mol. The van der Waals surface area contributed by atoms with Gasteiger partial charge in [0.2, 0.25) is 0 Å². The Morgan fingerprint density at radius 1 is 1.19 bits per heavy atom. The van der Waals surface area contributed by atoms with Crippen LogP contribution >= 0.6 is 0 Å². The van der Waals surface area contributed by atoms with Gasteiger partial charge in [-0.2, -0.15) is 0 Å². The van der Waals surface area contributed by atoms with Gasteiger partial charge in [-0.1, -0.05) is 0 Å². The Balaban J connectivity index is 1.81. The standard InChI is InChI=1S/C17H26FN3/c1-12-10-17(15(11-16(12)18)13(2)19-3)21-8-6-20(7-9-21)14-4-5-14/h10-11,13-14,19H,4-9H2,1-3H3. The minimum Gasteiger partial charge on any atom is -0.369 e. The number of rotatable bonds is 4. The Kier molecular flexibility index (Phi) is 4.18. The molecule has 0 spiro atoms. The molecule has 1 saturated heterocycles. The van der Waals surface area contributed by atoms with Gasteiger partial charge in [-0.05, 0) is 57.0 Å². The molecule has 1 N–H and O–H groups in total. The van der Waals surface area contributed by atoms with Crippen LogP contribution < -0.4 is 10.2 Å². The lowest BCUT2D eigenvalue weighted by Gasteiger charge is -2.38. The molecule has 1 unspecified atom stereocenters. The van der Waals surface area contributed by atoms with Gasteiger partial charge in [0.05, 0.1) is 0 Å². The molecule has 4 heteroatoms. The van der Waals surface area contributed by atoms with Crippen LogP contribution in [0.25, 0.3) is 0 Å². The molecule has 0 bridgehead atoms. The SMILES string of the molecule is CNC(C)c1cc(F)c(C)cc1N1CCN(C2CC2)CC1. The van der Waals surface area contributed by atoms with E-state index in [9.17, 15) is 4.39 Å². The lowest BCUT2D eigenvalue weighted by atomic mass is 10.0. The lowest BCUT2D eigenvalue weighted by Crippen LogP contribution is -2.47. The fourth-order valence-electron chi connectivity index (χ4n) is 3.23. The van der Waals surface area contributed by atoms with Gasteiger partial charge in [-0.15, -0.1) is 0 Å². The number of nitrogens with zero attached hydrogens (tertiary/aromatic N) is 2. The molecule has 1 aliphatic heterocycles. The summed E-state index contributed by atoms with van der Waals surface area (Å²) in [5.74, 6) is -0.104. The second-order valence-electron chi connectivity index (χ2n) is 6.42. The van der Waals surface area contributed by atoms with Gasteiger partial charge in [-0.3, -0.25) is 4.90 Å². The van der Waals surface area contributed by atoms with Crippen LogP contribution in [0.2, 0.25) is 0 Å². The molecule has 1 aromatic rings. The highest BCUT2D eigenvalue weighted by molar-refractivity contribution is 5.57. The van der Waals surface area contributed by atoms with E-state index in [1.807, 2.05) is 20.0 Å². The van der Waals surface area contributed by atoms with Crippen molar-refractivity contribution in [3.8, 4) is 0 Å². The summed E-state index contributed by atoms with van der Waals surface area (Å²) in [6.07, 6.45) is 2.75. The molecule has 0 radical (unpaired) electrons. The number of hydrogen-bond donors (Lipinski definition) is 1. The fourth-order valence-corrected chi connectivity index (χ4v) is 3.23. The van der Waals surface area contributed by atoms with E-state index >= 15 is 0 Å². The van der Waals surface area contributed by atoms with Crippen molar-refractivity contribution >= 4 is 5.69 Å². The van der Waals surface area contributed by atoms with Crippen molar-refractivity contribution in [2.45, 2.75) is 38.8 Å². The quantitative estimate of drug-likeness (QED) is 0.920. The van der Waals surface area contributed by atoms with Crippen molar-refractivity contribution in [2.24, 2.45) is 0 Å². The number of hydrogen-bond acceptors (Lipinski definition) is 3. The topological polar surface area (TPSA) is 18.5 Å². The Morgan fingerprint density at radius 3 is 2.43 bits per heavy atom. The summed E-state index contributed by atoms with van der Waals surface area (Å²) in [4.78, 5) is 5.03. The second-order valence-corrected chi connectivity index (χ2v) is 6.42. The number of benzene rings is 1. The molecule has 3 nitrogen and oxygen atoms in total. The van der Waals surface area contributed by atoms with Crippen molar-refractivity contribution in [1.29, 1.82) is 0 Å². The molecule has 1 saturated carbocycles. The maximum Gasteiger partial charge on any atom is 0.126 e. The van der Waals surface area contributed by atoms with Gasteiger partial charge in [0.15, 0.2) is 0 Å². The van der Waals surface area contributed by atoms with Gasteiger partial charge < -0.3 is 10.2 Å². The summed E-state index contributed by atoms with van der Waals surface area (Å²) >= 11 is 0. The number of nitrogens with one attached hydrogen (secondary N) is 1. The summed E-state index contributed by atoms with van der Waals surface area (Å²) in [7, 11) is 1.93. The van der Waals surface area contributed by atoms with E-state index in [1.54, 1.807) is 6.07 Å². The third-order valence-corrected chi connectivity index (χ3v) is 4.93. The van der Waals surface area contributed by atoms with Gasteiger partial charge >= 0.3 is 0 Å². The van der Waals surface area contributed by atoms with Crippen molar-refractivity contribution in [1.82, 2.24) is 10.2 Å². The highest BCUT2D eigenvalue weighted by Crippen LogP contribution is 2.32. The average molecular weight is 291 g/mol. The Bertz CT molecular complexity index is 505. The first kappa shape index (κ1) is 14.8. The molecule has 0 amide bonds. The third kappa shape index (κ3) is 3.06. The Morgan fingerprint density at radius 2 is 1.86 bits per heavy atom. The van der Waals surface area contributed by atoms with Crippen molar-refractivity contribution in [3.63, 3.8) is 0 Å². The number of piperazine rings is 1. The Hall–Kier alpha value is -1.13. The minimum atomic E-state index is -0.104. The molecule has 2 fully saturated rings. The number of halogens is 1. The van der Waals surface area contributed by atoms with E-state index in [-0.39, 0.29) is 11.9 Å². The molecule has 0 aromatic heterocycles. The summed E-state index contributed by atoms with van der Waals surface area (Å²) in [5, 5.41) is 3.24. The first-order valence-electron chi connectivity index (χ1n) is 8.06. The number of aryl methyl sites for hydroxylation is 1. The van der Waals surface area contributed by atoms with Crippen LogP contribution in [0, 0.1) is 12.7 Å². The van der Waals surface area contributed by atoms with Crippen LogP contribution in [0.3, 0.4) is 0 Å². The maximum atomic E-state index is 13.9. The highest BCUT2D eigenvalue weighted by atomic mass is 19.1. The molecule has 116 valence electrons. The molecular formula is C17H26FN3. The summed E-state index contributed by atoms with van der Waals surface area (Å²) in [6, 6.07) is 4.74.